The van der Waals surface area contributed by atoms with Crippen LogP contribution >= 0.6 is 7.80 Å². The van der Waals surface area contributed by atoms with Crippen molar-refractivity contribution in [2.75, 3.05) is 20.4 Å². The molecule has 0 saturated carbocycles. The number of carbonyl (C=O) groups is 1. The lowest BCUT2D eigenvalue weighted by Crippen LogP contribution is -2.03. The Balaban J connectivity index is 1.94. The van der Waals surface area contributed by atoms with E-state index in [9.17, 15) is 9.36 Å². The molecule has 4 nitrogen and oxygen atoms in total. The molecular formula is C19H22O4P+. The molecule has 0 spiro atoms. The number of benzene rings is 2. The lowest BCUT2D eigenvalue weighted by atomic mass is 10.1. The molecule has 0 heterocycles. The van der Waals surface area contributed by atoms with Gasteiger partial charge in [0.1, 0.15) is 11.5 Å². The van der Waals surface area contributed by atoms with Crippen LogP contribution in [0.2, 0.25) is 0 Å². The predicted octanol–water partition coefficient (Wildman–Crippen LogP) is 4.69. The van der Waals surface area contributed by atoms with Crippen LogP contribution in [0.5, 0.6) is 11.5 Å². The average Bonchev–Trinajstić information content (AvgIpc) is 2.64. The van der Waals surface area contributed by atoms with Crippen LogP contribution in [0.1, 0.15) is 28.8 Å². The Kier molecular flexibility index (Phi) is 6.95. The zero-order chi connectivity index (χ0) is 17.4. The van der Waals surface area contributed by atoms with Crippen molar-refractivity contribution in [3.05, 3.63) is 59.7 Å². The van der Waals surface area contributed by atoms with E-state index in [0.29, 0.717) is 17.7 Å². The van der Waals surface area contributed by atoms with E-state index in [4.69, 9.17) is 9.47 Å². The van der Waals surface area contributed by atoms with Crippen molar-refractivity contribution in [2.45, 2.75) is 19.3 Å². The average molecular weight is 345 g/mol. The van der Waals surface area contributed by atoms with Crippen LogP contribution in [0.25, 0.3) is 0 Å². The van der Waals surface area contributed by atoms with Gasteiger partial charge in [-0.3, -0.25) is 0 Å². The molecule has 2 rings (SSSR count). The molecule has 24 heavy (non-hydrogen) atoms. The van der Waals surface area contributed by atoms with Gasteiger partial charge in [0.25, 0.3) is 0 Å². The van der Waals surface area contributed by atoms with Crippen LogP contribution in [0.4, 0.5) is 0 Å². The number of rotatable bonds is 9. The summed E-state index contributed by atoms with van der Waals surface area (Å²) in [6.45, 7) is 0. The zero-order valence-corrected chi connectivity index (χ0v) is 14.9. The third-order valence-corrected chi connectivity index (χ3v) is 5.19. The molecule has 0 aromatic heterocycles. The molecule has 0 bridgehead atoms. The van der Waals surface area contributed by atoms with Gasteiger partial charge in [-0.25, -0.2) is 4.79 Å². The van der Waals surface area contributed by atoms with E-state index in [1.54, 1.807) is 18.2 Å². The van der Waals surface area contributed by atoms with Gasteiger partial charge in [0.05, 0.1) is 14.2 Å². The van der Waals surface area contributed by atoms with Crippen LogP contribution in [0.15, 0.2) is 48.5 Å². The Morgan fingerprint density at radius 1 is 0.917 bits per heavy atom. The predicted molar refractivity (Wildman–Crippen MR) is 95.7 cm³/mol. The third kappa shape index (κ3) is 4.65. The summed E-state index contributed by atoms with van der Waals surface area (Å²) in [6.07, 6.45) is 2.95. The van der Waals surface area contributed by atoms with E-state index in [-0.39, 0.29) is 5.56 Å². The molecule has 1 atom stereocenters. The van der Waals surface area contributed by atoms with Crippen molar-refractivity contribution < 1.29 is 18.8 Å². The van der Waals surface area contributed by atoms with Crippen LogP contribution in [0, 0.1) is 0 Å². The first-order valence-corrected chi connectivity index (χ1v) is 9.35. The van der Waals surface area contributed by atoms with E-state index in [2.05, 4.69) is 12.1 Å². The number of carbonyl (C=O) groups excluding carboxylic acids is 1. The highest BCUT2D eigenvalue weighted by Gasteiger charge is 2.34. The summed E-state index contributed by atoms with van der Waals surface area (Å²) in [5.41, 5.74) is 1.12. The standard InChI is InChI=1S/C19H22O4P/c1-22-16-12-8-13-17(23-2)18(16)19(20)24(21)14-7-6-11-15-9-4-3-5-10-15/h3-5,8-10,12-13H,6-7,11,14H2,1-2H3/q+1. The molecule has 0 N–H and O–H groups in total. The number of methoxy groups -OCH3 is 2. The lowest BCUT2D eigenvalue weighted by Gasteiger charge is -2.07. The van der Waals surface area contributed by atoms with E-state index >= 15 is 0 Å². The number of hydrogen-bond acceptors (Lipinski definition) is 4. The number of hydrogen-bond donors (Lipinski definition) is 0. The molecule has 2 aromatic rings. The normalized spacial score (nSPS) is 11.0. The van der Waals surface area contributed by atoms with E-state index in [1.807, 2.05) is 18.2 Å². The van der Waals surface area contributed by atoms with E-state index in [1.165, 1.54) is 19.8 Å². The third-order valence-electron chi connectivity index (χ3n) is 3.79. The van der Waals surface area contributed by atoms with Crippen molar-refractivity contribution in [3.8, 4) is 11.5 Å². The zero-order valence-electron chi connectivity index (χ0n) is 14.0. The Hall–Kier alpha value is -2.19. The Morgan fingerprint density at radius 3 is 2.12 bits per heavy atom. The van der Waals surface area contributed by atoms with Gasteiger partial charge >= 0.3 is 13.3 Å². The molecule has 0 aliphatic heterocycles. The van der Waals surface area contributed by atoms with Gasteiger partial charge in [-0.15, -0.1) is 0 Å². The molecule has 0 fully saturated rings. The fourth-order valence-electron chi connectivity index (χ4n) is 2.52. The first kappa shape index (κ1) is 18.2. The minimum absolute atomic E-state index is 0.270. The first-order chi connectivity index (χ1) is 11.7. The highest BCUT2D eigenvalue weighted by molar-refractivity contribution is 7.64. The number of unbranched alkanes of at least 4 members (excludes halogenated alkanes) is 1. The van der Waals surface area contributed by atoms with Crippen LogP contribution in [-0.4, -0.2) is 25.9 Å². The van der Waals surface area contributed by atoms with Crippen LogP contribution in [0.3, 0.4) is 0 Å². The summed E-state index contributed by atoms with van der Waals surface area (Å²) in [6, 6.07) is 15.2. The smallest absolute Gasteiger partial charge is 0.420 e. The monoisotopic (exact) mass is 345 g/mol. The largest absolute Gasteiger partial charge is 0.496 e. The van der Waals surface area contributed by atoms with Crippen molar-refractivity contribution in [3.63, 3.8) is 0 Å². The first-order valence-electron chi connectivity index (χ1n) is 7.91. The quantitative estimate of drug-likeness (QED) is 0.488. The highest BCUT2D eigenvalue weighted by Crippen LogP contribution is 2.37. The van der Waals surface area contributed by atoms with Crippen LogP contribution in [-0.2, 0) is 11.0 Å². The lowest BCUT2D eigenvalue weighted by molar-refractivity contribution is 0.107. The molecule has 126 valence electrons. The van der Waals surface area contributed by atoms with E-state index < -0.39 is 13.3 Å². The summed E-state index contributed by atoms with van der Waals surface area (Å²) in [7, 11) is 0.978. The molecular weight excluding hydrogens is 323 g/mol. The molecule has 0 radical (unpaired) electrons. The molecule has 5 heteroatoms. The van der Waals surface area contributed by atoms with Crippen molar-refractivity contribution in [1.29, 1.82) is 0 Å². The highest BCUT2D eigenvalue weighted by atomic mass is 31.1. The maximum Gasteiger partial charge on any atom is 0.420 e. The molecule has 0 aliphatic carbocycles. The van der Waals surface area contributed by atoms with Gasteiger partial charge in [-0.1, -0.05) is 41.0 Å². The summed E-state index contributed by atoms with van der Waals surface area (Å²) >= 11 is 0. The topological polar surface area (TPSA) is 52.6 Å². The Bertz CT molecular complexity index is 676. The SMILES string of the molecule is COc1cccc(OC)c1C(=O)[P+](=O)CCCCc1ccccc1. The maximum atomic E-state index is 12.5. The second-order valence-corrected chi connectivity index (χ2v) is 7.00. The van der Waals surface area contributed by atoms with E-state index in [0.717, 1.165) is 19.3 Å². The van der Waals surface area contributed by atoms with Gasteiger partial charge in [-0.05, 0) is 37.0 Å². The van der Waals surface area contributed by atoms with Gasteiger partial charge in [0, 0.05) is 0 Å². The Labute approximate surface area is 143 Å². The van der Waals surface area contributed by atoms with Crippen LogP contribution < -0.4 is 9.47 Å². The summed E-state index contributed by atoms with van der Waals surface area (Å²) in [5, 5.41) is 0. The fraction of sp³-hybridized carbons (Fsp3) is 0.316. The van der Waals surface area contributed by atoms with Gasteiger partial charge in [0.2, 0.25) is 0 Å². The fourth-order valence-corrected chi connectivity index (χ4v) is 3.70. The molecule has 0 amide bonds. The summed E-state index contributed by atoms with van der Waals surface area (Å²) in [4.78, 5) is 12.5. The summed E-state index contributed by atoms with van der Waals surface area (Å²) in [5.74, 6) is 0.791. The van der Waals surface area contributed by atoms with Crippen molar-refractivity contribution in [1.82, 2.24) is 0 Å². The van der Waals surface area contributed by atoms with Crippen molar-refractivity contribution >= 4 is 13.3 Å². The molecule has 2 aromatic carbocycles. The maximum absolute atomic E-state index is 12.5. The van der Waals surface area contributed by atoms with Gasteiger partial charge in [-0.2, -0.15) is 0 Å². The second-order valence-electron chi connectivity index (χ2n) is 5.39. The Morgan fingerprint density at radius 2 is 1.54 bits per heavy atom. The van der Waals surface area contributed by atoms with Gasteiger partial charge < -0.3 is 9.47 Å². The number of ether oxygens (including phenoxy) is 2. The summed E-state index contributed by atoms with van der Waals surface area (Å²) < 4.78 is 22.8. The van der Waals surface area contributed by atoms with Crippen molar-refractivity contribution in [2.24, 2.45) is 0 Å². The molecule has 0 aliphatic rings. The minimum Gasteiger partial charge on any atom is -0.496 e. The minimum atomic E-state index is -1.99. The molecule has 0 saturated heterocycles. The van der Waals surface area contributed by atoms with Gasteiger partial charge in [0.15, 0.2) is 11.7 Å². The molecule has 1 unspecified atom stereocenters. The second kappa shape index (κ2) is 9.19. The number of aryl methyl sites for hydroxylation is 1.